The summed E-state index contributed by atoms with van der Waals surface area (Å²) in [4.78, 5) is 77.3. The molecule has 0 aliphatic rings. The highest BCUT2D eigenvalue weighted by Crippen LogP contribution is 2.21. The number of anilines is 5. The zero-order valence-corrected chi connectivity index (χ0v) is 31.9. The minimum atomic E-state index is -0.504. The molecule has 21 nitrogen and oxygen atoms in total. The summed E-state index contributed by atoms with van der Waals surface area (Å²) in [5.41, 5.74) is 12.8. The van der Waals surface area contributed by atoms with Gasteiger partial charge in [-0.25, -0.2) is 0 Å². The quantitative estimate of drug-likeness (QED) is 0.0540. The average Bonchev–Trinajstić information content (AvgIpc) is 3.92. The van der Waals surface area contributed by atoms with Crippen LogP contribution in [0.3, 0.4) is 0 Å². The minimum absolute atomic E-state index is 0.0465. The van der Waals surface area contributed by atoms with E-state index in [1.54, 1.807) is 72.5 Å². The van der Waals surface area contributed by atoms with E-state index in [1.807, 2.05) is 0 Å². The number of hydrogen-bond donors (Lipinski definition) is 11. The number of aromatic nitrogens is 4. The number of carbonyl (C=O) groups excluding carboxylic acids is 6. The van der Waals surface area contributed by atoms with Crippen molar-refractivity contribution < 1.29 is 28.8 Å². The van der Waals surface area contributed by atoms with Gasteiger partial charge in [-0.05, 0) is 42.5 Å². The van der Waals surface area contributed by atoms with Gasteiger partial charge in [0.1, 0.15) is 23.0 Å². The van der Waals surface area contributed by atoms with Gasteiger partial charge in [0, 0.05) is 77.2 Å². The summed E-state index contributed by atoms with van der Waals surface area (Å²) in [5.74, 6) is -2.58. The lowest BCUT2D eigenvalue weighted by atomic mass is 10.1. The molecule has 21 heteroatoms. The van der Waals surface area contributed by atoms with Gasteiger partial charge in [-0.2, -0.15) is 0 Å². The molecule has 0 fully saturated rings. The summed E-state index contributed by atoms with van der Waals surface area (Å²) in [6, 6.07) is 12.2. The molecule has 0 spiro atoms. The number of guanidine groups is 1. The molecule has 0 unspecified atom stereocenters. The second kappa shape index (κ2) is 17.6. The summed E-state index contributed by atoms with van der Waals surface area (Å²) in [6.07, 6.45) is 6.39. The zero-order valence-electron chi connectivity index (χ0n) is 31.9. The Hall–Kier alpha value is -8.10. The van der Waals surface area contributed by atoms with Crippen molar-refractivity contribution in [2.75, 3.05) is 39.7 Å². The molecule has 6 amide bonds. The van der Waals surface area contributed by atoms with Crippen LogP contribution in [0.2, 0.25) is 0 Å². The molecule has 0 bridgehead atoms. The normalized spacial score (nSPS) is 10.6. The van der Waals surface area contributed by atoms with Crippen molar-refractivity contribution in [3.05, 3.63) is 101 Å². The third kappa shape index (κ3) is 10.3. The molecule has 302 valence electrons. The summed E-state index contributed by atoms with van der Waals surface area (Å²) < 4.78 is 6.19. The molecular formula is C37H43N15O6. The van der Waals surface area contributed by atoms with Gasteiger partial charge < -0.3 is 67.0 Å². The van der Waals surface area contributed by atoms with Gasteiger partial charge in [-0.3, -0.25) is 39.6 Å². The number of aryl methyl sites for hydroxylation is 4. The van der Waals surface area contributed by atoms with E-state index in [2.05, 4.69) is 37.2 Å². The molecule has 0 aliphatic carbocycles. The number of nitrogens with zero attached hydrogens (tertiary/aromatic N) is 4. The Morgan fingerprint density at radius 2 is 1.07 bits per heavy atom. The largest absolute Gasteiger partial charge is 0.388 e. The number of nitrogens with two attached hydrogens (primary N) is 2. The van der Waals surface area contributed by atoms with Crippen molar-refractivity contribution in [3.8, 4) is 0 Å². The van der Waals surface area contributed by atoms with Crippen molar-refractivity contribution in [1.29, 1.82) is 10.8 Å². The summed E-state index contributed by atoms with van der Waals surface area (Å²) in [6.45, 7) is -0.0254. The monoisotopic (exact) mass is 793 g/mol. The van der Waals surface area contributed by atoms with E-state index in [0.717, 1.165) is 0 Å². The number of carbonyl (C=O) groups is 6. The molecule has 0 atom stereocenters. The van der Waals surface area contributed by atoms with Crippen molar-refractivity contribution in [3.63, 3.8) is 0 Å². The predicted octanol–water partition coefficient (Wildman–Crippen LogP) is 1.53. The van der Waals surface area contributed by atoms with Crippen LogP contribution in [0.1, 0.15) is 58.5 Å². The smallest absolute Gasteiger partial charge is 0.272 e. The maximum Gasteiger partial charge on any atom is 0.272 e. The van der Waals surface area contributed by atoms with Crippen molar-refractivity contribution in [1.82, 2.24) is 28.9 Å². The van der Waals surface area contributed by atoms with Crippen LogP contribution in [0.25, 0.3) is 0 Å². The maximum atomic E-state index is 13.2. The number of nitrogens with one attached hydrogen (secondary N) is 9. The Morgan fingerprint density at radius 3 is 1.66 bits per heavy atom. The third-order valence-electron chi connectivity index (χ3n) is 8.54. The van der Waals surface area contributed by atoms with Gasteiger partial charge >= 0.3 is 0 Å². The van der Waals surface area contributed by atoms with Gasteiger partial charge in [0.15, 0.2) is 5.96 Å². The lowest BCUT2D eigenvalue weighted by Crippen LogP contribution is -2.37. The minimum Gasteiger partial charge on any atom is -0.388 e. The first-order valence-electron chi connectivity index (χ1n) is 17.5. The van der Waals surface area contributed by atoms with Gasteiger partial charge in [-0.15, -0.1) is 0 Å². The highest BCUT2D eigenvalue weighted by molar-refractivity contribution is 6.10. The van der Waals surface area contributed by atoms with Crippen LogP contribution < -0.4 is 48.7 Å². The lowest BCUT2D eigenvalue weighted by Gasteiger charge is -2.07. The summed E-state index contributed by atoms with van der Waals surface area (Å²) in [7, 11) is 6.58. The topological polar surface area (TPSA) is 306 Å². The Bertz CT molecular complexity index is 2450. The average molecular weight is 794 g/mol. The number of benzene rings is 1. The maximum absolute atomic E-state index is 13.2. The molecule has 0 aliphatic heterocycles. The first kappa shape index (κ1) is 41.1. The molecule has 0 saturated carbocycles. The molecular weight excluding hydrogens is 751 g/mol. The van der Waals surface area contributed by atoms with Crippen molar-refractivity contribution >= 4 is 75.9 Å². The Balaban J connectivity index is 1.17. The fourth-order valence-electron chi connectivity index (χ4n) is 5.64. The third-order valence-corrected chi connectivity index (χ3v) is 8.54. The van der Waals surface area contributed by atoms with E-state index < -0.39 is 29.5 Å². The molecule has 4 aromatic heterocycles. The molecule has 5 aromatic rings. The molecule has 58 heavy (non-hydrogen) atoms. The van der Waals surface area contributed by atoms with Crippen LogP contribution in [-0.2, 0) is 33.0 Å². The fourth-order valence-corrected chi connectivity index (χ4v) is 5.64. The number of hydrogen-bond acceptors (Lipinski definition) is 8. The van der Waals surface area contributed by atoms with Gasteiger partial charge in [0.25, 0.3) is 29.5 Å². The molecule has 13 N–H and O–H groups in total. The Labute approximate surface area is 331 Å². The summed E-state index contributed by atoms with van der Waals surface area (Å²) >= 11 is 0. The van der Waals surface area contributed by atoms with E-state index in [4.69, 9.17) is 22.3 Å². The molecule has 0 saturated heterocycles. The van der Waals surface area contributed by atoms with Gasteiger partial charge in [-0.1, -0.05) is 6.07 Å². The lowest BCUT2D eigenvalue weighted by molar-refractivity contribution is -0.115. The van der Waals surface area contributed by atoms with Crippen LogP contribution in [0.15, 0.2) is 73.3 Å². The predicted molar refractivity (Wildman–Crippen MR) is 217 cm³/mol. The fraction of sp³-hybridized carbons (Fsp3) is 0.189. The SMILES string of the molecule is Cn1cc(C(=O)Nc2cc(C(=O)Nc3cccc(C(=O)Nc4cc(C(=O)Nc5cc(C(=O)NCCC(=N)N)n(C)c5)n(C)c4)c3)cn2C)cc1NC(=O)CNC(=N)N. The first-order chi connectivity index (χ1) is 27.5. The highest BCUT2D eigenvalue weighted by atomic mass is 16.2. The second-order valence-electron chi connectivity index (χ2n) is 13.1. The number of amides is 6. The molecule has 5 rings (SSSR count). The second-order valence-corrected chi connectivity index (χ2v) is 13.1. The molecule has 0 radical (unpaired) electrons. The summed E-state index contributed by atoms with van der Waals surface area (Å²) in [5, 5.41) is 33.1. The van der Waals surface area contributed by atoms with Crippen LogP contribution in [0, 0.1) is 10.8 Å². The number of amidine groups is 1. The van der Waals surface area contributed by atoms with E-state index in [-0.39, 0.29) is 59.6 Å². The molecule has 4 heterocycles. The van der Waals surface area contributed by atoms with Gasteiger partial charge in [0.05, 0.1) is 34.9 Å². The highest BCUT2D eigenvalue weighted by Gasteiger charge is 2.20. The van der Waals surface area contributed by atoms with Crippen LogP contribution in [0.5, 0.6) is 0 Å². The van der Waals surface area contributed by atoms with Crippen molar-refractivity contribution in [2.24, 2.45) is 39.7 Å². The van der Waals surface area contributed by atoms with E-state index in [0.29, 0.717) is 34.4 Å². The number of rotatable bonds is 15. The zero-order chi connectivity index (χ0) is 42.3. The van der Waals surface area contributed by atoms with E-state index in [9.17, 15) is 28.8 Å². The molecule has 1 aromatic carbocycles. The standard InChI is InChI=1S/C37H43N15O6/c1-49-19-25(13-26(49)35(57)42-9-8-28(38)39)46-36(58)27-14-24(18-50(27)2)45-32(54)20-6-5-7-23(10-20)44-33(55)21-12-30(52(4)16-21)48-34(56)22-11-29(51(3)17-22)47-31(53)15-43-37(40)41/h5-7,10-14,16-19H,8-9,15H2,1-4H3,(H3,38,39)(H,42,57)(H,44,55)(H,45,54)(H,46,58)(H,47,53)(H,48,56)(H4,40,41,43). The van der Waals surface area contributed by atoms with E-state index in [1.165, 1.54) is 47.3 Å². The van der Waals surface area contributed by atoms with Crippen molar-refractivity contribution in [2.45, 2.75) is 6.42 Å². The first-order valence-corrected chi connectivity index (χ1v) is 17.5. The Kier molecular flexibility index (Phi) is 12.4. The van der Waals surface area contributed by atoms with Crippen LogP contribution >= 0.6 is 0 Å². The van der Waals surface area contributed by atoms with Crippen LogP contribution in [-0.4, -0.2) is 78.6 Å². The van der Waals surface area contributed by atoms with E-state index >= 15 is 0 Å². The van der Waals surface area contributed by atoms with Crippen LogP contribution in [0.4, 0.5) is 28.7 Å². The van der Waals surface area contributed by atoms with Gasteiger partial charge in [0.2, 0.25) is 5.91 Å². The Morgan fingerprint density at radius 1 is 0.552 bits per heavy atom.